The molecule has 0 bridgehead atoms. The van der Waals surface area contributed by atoms with E-state index in [-0.39, 0.29) is 0 Å². The number of hydrogen-bond acceptors (Lipinski definition) is 5. The molecule has 1 saturated heterocycles. The highest BCUT2D eigenvalue weighted by Gasteiger charge is 2.25. The fourth-order valence-corrected chi connectivity index (χ4v) is 4.55. The zero-order chi connectivity index (χ0) is 16.8. The van der Waals surface area contributed by atoms with Crippen LogP contribution in [0.1, 0.15) is 24.6 Å². The minimum atomic E-state index is 0.417. The summed E-state index contributed by atoms with van der Waals surface area (Å²) < 4.78 is 1.96. The summed E-state index contributed by atoms with van der Waals surface area (Å²) in [7, 11) is 2.17. The number of likely N-dealkylation sites (N-methyl/N-ethyl adjacent to an activating group) is 1. The van der Waals surface area contributed by atoms with Gasteiger partial charge in [0.15, 0.2) is 5.82 Å². The van der Waals surface area contributed by atoms with Crippen molar-refractivity contribution in [2.24, 2.45) is 0 Å². The number of hydrogen-bond donors (Lipinski definition) is 0. The highest BCUT2D eigenvalue weighted by molar-refractivity contribution is 7.19. The number of likely N-dealkylation sites (tertiary alicyclic amines) is 1. The smallest absolute Gasteiger partial charge is 0.234 e. The standard InChI is InChI=1S/C19H19N5S/c1-23-10-4-7-16(12-23)17-20-21-19-24(17)22-18(25-19)15-9-8-13-5-2-3-6-14(13)11-15/h2-3,5-6,8-9,11,16H,4,7,10,12H2,1H3. The van der Waals surface area contributed by atoms with Crippen LogP contribution in [-0.4, -0.2) is 44.8 Å². The molecule has 0 N–H and O–H groups in total. The first-order valence-electron chi connectivity index (χ1n) is 8.68. The Morgan fingerprint density at radius 2 is 1.96 bits per heavy atom. The maximum Gasteiger partial charge on any atom is 0.234 e. The van der Waals surface area contributed by atoms with Gasteiger partial charge in [0.1, 0.15) is 5.01 Å². The van der Waals surface area contributed by atoms with Crippen molar-refractivity contribution in [2.75, 3.05) is 20.1 Å². The van der Waals surface area contributed by atoms with Gasteiger partial charge in [0, 0.05) is 18.0 Å². The van der Waals surface area contributed by atoms with Crippen LogP contribution in [0.5, 0.6) is 0 Å². The summed E-state index contributed by atoms with van der Waals surface area (Å²) in [4.78, 5) is 3.25. The third kappa shape index (κ3) is 2.62. The average Bonchev–Trinajstić information content (AvgIpc) is 3.22. The molecule has 126 valence electrons. The molecule has 6 heteroatoms. The van der Waals surface area contributed by atoms with Crippen LogP contribution in [0.15, 0.2) is 42.5 Å². The Labute approximate surface area is 149 Å². The van der Waals surface area contributed by atoms with Gasteiger partial charge in [0.25, 0.3) is 0 Å². The van der Waals surface area contributed by atoms with Gasteiger partial charge in [-0.2, -0.15) is 9.61 Å². The van der Waals surface area contributed by atoms with E-state index in [2.05, 4.69) is 64.6 Å². The van der Waals surface area contributed by atoms with Gasteiger partial charge in [0.05, 0.1) is 0 Å². The summed E-state index contributed by atoms with van der Waals surface area (Å²) in [5.74, 6) is 1.42. The van der Waals surface area contributed by atoms with Crippen molar-refractivity contribution < 1.29 is 0 Å². The molecule has 1 aliphatic rings. The molecule has 0 radical (unpaired) electrons. The van der Waals surface area contributed by atoms with E-state index in [0.29, 0.717) is 5.92 Å². The molecule has 2 aromatic heterocycles. The van der Waals surface area contributed by atoms with Crippen molar-refractivity contribution in [3.05, 3.63) is 48.3 Å². The normalized spacial score (nSPS) is 19.0. The molecule has 3 heterocycles. The molecule has 1 fully saturated rings. The van der Waals surface area contributed by atoms with Crippen LogP contribution in [0, 0.1) is 0 Å². The number of aromatic nitrogens is 4. The summed E-state index contributed by atoms with van der Waals surface area (Å²) >= 11 is 1.61. The Kier molecular flexibility index (Phi) is 3.53. The van der Waals surface area contributed by atoms with Gasteiger partial charge in [-0.05, 0) is 43.3 Å². The Morgan fingerprint density at radius 1 is 1.08 bits per heavy atom. The minimum Gasteiger partial charge on any atom is -0.306 e. The molecule has 5 nitrogen and oxygen atoms in total. The zero-order valence-corrected chi connectivity index (χ0v) is 14.9. The number of rotatable bonds is 2. The van der Waals surface area contributed by atoms with Gasteiger partial charge < -0.3 is 4.90 Å². The first-order chi connectivity index (χ1) is 12.3. The molecular formula is C19H19N5S. The second kappa shape index (κ2) is 5.89. The third-order valence-electron chi connectivity index (χ3n) is 5.00. The lowest BCUT2D eigenvalue weighted by Crippen LogP contribution is -2.31. The molecular weight excluding hydrogens is 330 g/mol. The SMILES string of the molecule is CN1CCCC(c2nnc3sc(-c4ccc5ccccc5c4)nn23)C1. The van der Waals surface area contributed by atoms with Crippen LogP contribution in [0.3, 0.4) is 0 Å². The van der Waals surface area contributed by atoms with E-state index in [0.717, 1.165) is 40.9 Å². The summed E-state index contributed by atoms with van der Waals surface area (Å²) in [5.41, 5.74) is 1.14. The molecule has 0 aliphatic carbocycles. The fourth-order valence-electron chi connectivity index (χ4n) is 3.70. The predicted octanol–water partition coefficient (Wildman–Crippen LogP) is 3.82. The van der Waals surface area contributed by atoms with E-state index < -0.39 is 0 Å². The van der Waals surface area contributed by atoms with Crippen molar-refractivity contribution in [1.29, 1.82) is 0 Å². The number of piperidine rings is 1. The van der Waals surface area contributed by atoms with Gasteiger partial charge in [-0.3, -0.25) is 0 Å². The summed E-state index contributed by atoms with van der Waals surface area (Å²) in [6, 6.07) is 14.9. The van der Waals surface area contributed by atoms with Crippen LogP contribution in [-0.2, 0) is 0 Å². The van der Waals surface area contributed by atoms with Gasteiger partial charge in [-0.1, -0.05) is 47.7 Å². The van der Waals surface area contributed by atoms with Crippen molar-refractivity contribution in [1.82, 2.24) is 24.7 Å². The molecule has 0 spiro atoms. The Balaban J connectivity index is 1.56. The highest BCUT2D eigenvalue weighted by Crippen LogP contribution is 2.31. The Bertz CT molecular complexity index is 1050. The molecule has 25 heavy (non-hydrogen) atoms. The van der Waals surface area contributed by atoms with Crippen LogP contribution >= 0.6 is 11.3 Å². The molecule has 5 rings (SSSR count). The predicted molar refractivity (Wildman–Crippen MR) is 101 cm³/mol. The van der Waals surface area contributed by atoms with Crippen molar-refractivity contribution >= 4 is 27.1 Å². The molecule has 4 aromatic rings. The maximum atomic E-state index is 4.84. The largest absolute Gasteiger partial charge is 0.306 e. The lowest BCUT2D eigenvalue weighted by atomic mass is 9.98. The third-order valence-corrected chi connectivity index (χ3v) is 5.95. The second-order valence-corrected chi connectivity index (χ2v) is 7.78. The quantitative estimate of drug-likeness (QED) is 0.552. The van der Waals surface area contributed by atoms with E-state index in [1.165, 1.54) is 17.2 Å². The summed E-state index contributed by atoms with van der Waals surface area (Å²) in [6.45, 7) is 2.20. The Hall–Kier alpha value is -2.31. The van der Waals surface area contributed by atoms with Crippen LogP contribution < -0.4 is 0 Å². The topological polar surface area (TPSA) is 46.3 Å². The van der Waals surface area contributed by atoms with Gasteiger partial charge in [0.2, 0.25) is 4.96 Å². The summed E-state index contributed by atoms with van der Waals surface area (Å²) in [5, 5.41) is 17.1. The average molecular weight is 349 g/mol. The summed E-state index contributed by atoms with van der Waals surface area (Å²) in [6.07, 6.45) is 2.37. The number of fused-ring (bicyclic) bond motifs is 2. The fraction of sp³-hybridized carbons (Fsp3) is 0.316. The lowest BCUT2D eigenvalue weighted by molar-refractivity contribution is 0.244. The minimum absolute atomic E-state index is 0.417. The molecule has 1 unspecified atom stereocenters. The van der Waals surface area contributed by atoms with E-state index in [1.807, 2.05) is 4.52 Å². The maximum absolute atomic E-state index is 4.84. The van der Waals surface area contributed by atoms with Crippen LogP contribution in [0.25, 0.3) is 26.3 Å². The van der Waals surface area contributed by atoms with E-state index in [1.54, 1.807) is 11.3 Å². The Morgan fingerprint density at radius 3 is 2.84 bits per heavy atom. The molecule has 0 amide bonds. The number of benzene rings is 2. The molecule has 0 saturated carbocycles. The monoisotopic (exact) mass is 349 g/mol. The van der Waals surface area contributed by atoms with Gasteiger partial charge in [-0.15, -0.1) is 10.2 Å². The van der Waals surface area contributed by atoms with Crippen molar-refractivity contribution in [2.45, 2.75) is 18.8 Å². The second-order valence-electron chi connectivity index (χ2n) is 6.82. The van der Waals surface area contributed by atoms with E-state index in [4.69, 9.17) is 5.10 Å². The van der Waals surface area contributed by atoms with Gasteiger partial charge in [-0.25, -0.2) is 0 Å². The van der Waals surface area contributed by atoms with Crippen molar-refractivity contribution in [3.63, 3.8) is 0 Å². The van der Waals surface area contributed by atoms with Gasteiger partial charge >= 0.3 is 0 Å². The van der Waals surface area contributed by atoms with Crippen molar-refractivity contribution in [3.8, 4) is 10.6 Å². The van der Waals surface area contributed by atoms with E-state index in [9.17, 15) is 0 Å². The molecule has 1 aliphatic heterocycles. The highest BCUT2D eigenvalue weighted by atomic mass is 32.1. The first kappa shape index (κ1) is 15.0. The molecule has 2 aromatic carbocycles. The molecule has 1 atom stereocenters. The zero-order valence-electron chi connectivity index (χ0n) is 14.1. The number of nitrogens with zero attached hydrogens (tertiary/aromatic N) is 5. The lowest BCUT2D eigenvalue weighted by Gasteiger charge is -2.28. The first-order valence-corrected chi connectivity index (χ1v) is 9.49. The van der Waals surface area contributed by atoms with E-state index >= 15 is 0 Å². The van der Waals surface area contributed by atoms with Crippen LogP contribution in [0.4, 0.5) is 0 Å². The van der Waals surface area contributed by atoms with Crippen LogP contribution in [0.2, 0.25) is 0 Å².